The summed E-state index contributed by atoms with van der Waals surface area (Å²) in [5, 5.41) is 16.0. The molecular formula is C28H20N3O2S2+. The lowest BCUT2D eigenvalue weighted by molar-refractivity contribution is -0.566. The molecule has 2 heterocycles. The minimum Gasteiger partial charge on any atom is -0.258 e. The van der Waals surface area contributed by atoms with Crippen LogP contribution in [-0.2, 0) is 0 Å². The second kappa shape index (κ2) is 9.17. The normalized spacial score (nSPS) is 18.7. The number of nitrogens with zero attached hydrogens (tertiary/aromatic N) is 3. The Kier molecular flexibility index (Phi) is 5.72. The van der Waals surface area contributed by atoms with Gasteiger partial charge in [-0.1, -0.05) is 70.7 Å². The summed E-state index contributed by atoms with van der Waals surface area (Å²) in [5.74, 6) is 0. The van der Waals surface area contributed by atoms with Gasteiger partial charge in [-0.2, -0.15) is 0 Å². The molecule has 0 aromatic heterocycles. The molecule has 0 amide bonds. The van der Waals surface area contributed by atoms with Crippen molar-refractivity contribution in [1.29, 1.82) is 0 Å². The van der Waals surface area contributed by atoms with Crippen molar-refractivity contribution in [2.24, 2.45) is 5.10 Å². The minimum atomic E-state index is -0.377. The Morgan fingerprint density at radius 1 is 0.829 bits per heavy atom. The number of non-ortho nitro benzene ring substituents is 1. The molecule has 3 aliphatic rings. The molecule has 0 N–H and O–H groups in total. The van der Waals surface area contributed by atoms with Crippen molar-refractivity contribution in [2.45, 2.75) is 22.3 Å². The first-order chi connectivity index (χ1) is 17.2. The van der Waals surface area contributed by atoms with Crippen molar-refractivity contribution in [1.82, 2.24) is 0 Å². The van der Waals surface area contributed by atoms with Crippen molar-refractivity contribution in [2.75, 3.05) is 0 Å². The van der Waals surface area contributed by atoms with E-state index in [2.05, 4.69) is 65.4 Å². The predicted octanol–water partition coefficient (Wildman–Crippen LogP) is 7.13. The van der Waals surface area contributed by atoms with Gasteiger partial charge in [-0.15, -0.1) is 0 Å². The van der Waals surface area contributed by atoms with Crippen molar-refractivity contribution >= 4 is 40.6 Å². The van der Waals surface area contributed by atoms with Crippen LogP contribution in [0.25, 0.3) is 0 Å². The van der Waals surface area contributed by atoms with E-state index in [1.165, 1.54) is 25.2 Å². The summed E-state index contributed by atoms with van der Waals surface area (Å²) in [6, 6.07) is 25.5. The van der Waals surface area contributed by atoms with E-state index in [-0.39, 0.29) is 16.7 Å². The van der Waals surface area contributed by atoms with Crippen LogP contribution in [0.4, 0.5) is 5.69 Å². The highest BCUT2D eigenvalue weighted by atomic mass is 32.2. The molecule has 170 valence electrons. The van der Waals surface area contributed by atoms with Gasteiger partial charge in [0.1, 0.15) is 5.71 Å². The molecule has 1 aliphatic carbocycles. The van der Waals surface area contributed by atoms with Crippen molar-refractivity contribution in [3.8, 4) is 0 Å². The van der Waals surface area contributed by atoms with Crippen LogP contribution in [0, 0.1) is 10.1 Å². The standard InChI is InChI=1S/C28H20N3O2S2/c32-31(33)23-16-10-19(11-17-23)24-18-25(20-6-2-1-3-7-20)30(29-24)22-14-12-21(13-15-22)28-34-26-8-4-5-9-27(26)35-28/h1-17,25H,18H2/q+1. The molecule has 0 fully saturated rings. The van der Waals surface area contributed by atoms with E-state index in [0.29, 0.717) is 0 Å². The first-order valence-electron chi connectivity index (χ1n) is 11.2. The lowest BCUT2D eigenvalue weighted by Crippen LogP contribution is -2.16. The molecule has 0 spiro atoms. The molecule has 0 saturated carbocycles. The fraction of sp³-hybridized carbons (Fsp3) is 0.0714. The maximum Gasteiger partial charge on any atom is 0.269 e. The van der Waals surface area contributed by atoms with Gasteiger partial charge in [0.2, 0.25) is 11.8 Å². The van der Waals surface area contributed by atoms with Crippen LogP contribution in [-0.4, -0.2) is 21.0 Å². The Balaban J connectivity index is 1.35. The van der Waals surface area contributed by atoms with E-state index in [1.807, 2.05) is 41.7 Å². The lowest BCUT2D eigenvalue weighted by atomic mass is 9.98. The van der Waals surface area contributed by atoms with Crippen molar-refractivity contribution < 1.29 is 9.61 Å². The summed E-state index contributed by atoms with van der Waals surface area (Å²) < 4.78 is 3.36. The average molecular weight is 495 g/mol. The number of fused-ring (bicyclic) bond motifs is 1. The Bertz CT molecular complexity index is 1440. The molecule has 35 heavy (non-hydrogen) atoms. The second-order valence-corrected chi connectivity index (χ2v) is 10.7. The number of hydrogen-bond acceptors (Lipinski definition) is 5. The zero-order valence-corrected chi connectivity index (χ0v) is 20.2. The summed E-state index contributed by atoms with van der Waals surface area (Å²) in [6.45, 7) is 0. The number of nitro benzene ring substituents is 1. The van der Waals surface area contributed by atoms with Gasteiger partial charge in [-0.25, -0.2) is 0 Å². The third kappa shape index (κ3) is 4.29. The highest BCUT2D eigenvalue weighted by Gasteiger charge is 2.36. The molecule has 5 nitrogen and oxygen atoms in total. The van der Waals surface area contributed by atoms with E-state index in [1.54, 1.807) is 24.3 Å². The fourth-order valence-corrected chi connectivity index (χ4v) is 6.83. The highest BCUT2D eigenvalue weighted by molar-refractivity contribution is 8.24. The molecule has 1 unspecified atom stereocenters. The first kappa shape index (κ1) is 21.8. The molecule has 0 radical (unpaired) electrons. The maximum absolute atomic E-state index is 11.1. The predicted molar refractivity (Wildman–Crippen MR) is 142 cm³/mol. The summed E-state index contributed by atoms with van der Waals surface area (Å²) in [5.41, 5.74) is 5.32. The topological polar surface area (TPSA) is 58.5 Å². The summed E-state index contributed by atoms with van der Waals surface area (Å²) >= 11 is 3.63. The van der Waals surface area contributed by atoms with E-state index < -0.39 is 0 Å². The van der Waals surface area contributed by atoms with Gasteiger partial charge in [0.05, 0.1) is 15.6 Å². The smallest absolute Gasteiger partial charge is 0.258 e. The fourth-order valence-electron chi connectivity index (χ4n) is 4.34. The number of hydrazone groups is 1. The number of hydrogen-bond donors (Lipinski definition) is 0. The number of nitro groups is 1. The van der Waals surface area contributed by atoms with Crippen molar-refractivity contribution in [3.05, 3.63) is 134 Å². The van der Waals surface area contributed by atoms with Gasteiger partial charge >= 0.3 is 0 Å². The highest BCUT2D eigenvalue weighted by Crippen LogP contribution is 2.52. The van der Waals surface area contributed by atoms with E-state index in [9.17, 15) is 10.1 Å². The van der Waals surface area contributed by atoms with E-state index in [0.717, 1.165) is 23.4 Å². The molecule has 1 atom stereocenters. The van der Waals surface area contributed by atoms with E-state index >= 15 is 0 Å². The molecule has 0 saturated heterocycles. The Hall–Kier alpha value is -3.68. The van der Waals surface area contributed by atoms with Gasteiger partial charge in [0, 0.05) is 45.2 Å². The second-order valence-electron chi connectivity index (χ2n) is 8.31. The van der Waals surface area contributed by atoms with Crippen LogP contribution in [0.1, 0.15) is 23.6 Å². The van der Waals surface area contributed by atoms with Gasteiger partial charge in [0.25, 0.3) is 5.69 Å². The Morgan fingerprint density at radius 3 is 2.09 bits per heavy atom. The first-order valence-corrected chi connectivity index (χ1v) is 12.9. The van der Waals surface area contributed by atoms with Crippen LogP contribution < -0.4 is 0 Å². The molecule has 3 aromatic rings. The largest absolute Gasteiger partial charge is 0.269 e. The summed E-state index contributed by atoms with van der Waals surface area (Å²) in [6.07, 6.45) is 9.31. The quantitative estimate of drug-likeness (QED) is 0.221. The van der Waals surface area contributed by atoms with E-state index in [4.69, 9.17) is 5.10 Å². The molecule has 7 heteroatoms. The SMILES string of the molecule is O=[N+]([O-])c1ccc(C2=N[N+](=C3C=CC(=C4Sc5ccccc5S4)C=C3)C(c3ccccc3)C2)cc1. The Morgan fingerprint density at radius 2 is 1.46 bits per heavy atom. The number of benzene rings is 3. The van der Waals surface area contributed by atoms with Gasteiger partial charge < -0.3 is 0 Å². The maximum atomic E-state index is 11.1. The lowest BCUT2D eigenvalue weighted by Gasteiger charge is -2.09. The van der Waals surface area contributed by atoms with Crippen LogP contribution in [0.15, 0.2) is 128 Å². The van der Waals surface area contributed by atoms with Gasteiger partial charge in [0.15, 0.2) is 0 Å². The van der Waals surface area contributed by atoms with Crippen LogP contribution in [0.5, 0.6) is 0 Å². The molecule has 2 aliphatic heterocycles. The number of rotatable bonds is 3. The molecule has 6 rings (SSSR count). The average Bonchev–Trinajstić information content (AvgIpc) is 3.55. The minimum absolute atomic E-state index is 0.0550. The van der Waals surface area contributed by atoms with Gasteiger partial charge in [-0.3, -0.25) is 10.1 Å². The third-order valence-electron chi connectivity index (χ3n) is 6.13. The monoisotopic (exact) mass is 494 g/mol. The van der Waals surface area contributed by atoms with Crippen LogP contribution >= 0.6 is 23.5 Å². The zero-order valence-electron chi connectivity index (χ0n) is 18.6. The summed E-state index contributed by atoms with van der Waals surface area (Å²) in [4.78, 5) is 13.3. The number of allylic oxidation sites excluding steroid dienone is 5. The van der Waals surface area contributed by atoms with Crippen LogP contribution in [0.2, 0.25) is 0 Å². The number of thioether (sulfide) groups is 2. The molecular weight excluding hydrogens is 474 g/mol. The summed E-state index contributed by atoms with van der Waals surface area (Å²) in [7, 11) is 0. The van der Waals surface area contributed by atoms with Crippen LogP contribution in [0.3, 0.4) is 0 Å². The molecule has 0 bridgehead atoms. The third-order valence-corrected chi connectivity index (χ3v) is 8.75. The zero-order chi connectivity index (χ0) is 23.8. The Labute approximate surface area is 211 Å². The van der Waals surface area contributed by atoms with Crippen molar-refractivity contribution in [3.63, 3.8) is 0 Å². The van der Waals surface area contributed by atoms with Gasteiger partial charge in [-0.05, 0) is 47.1 Å². The molecule has 3 aromatic carbocycles.